The van der Waals surface area contributed by atoms with E-state index in [1.807, 2.05) is 0 Å². The maximum absolute atomic E-state index is 12.2. The van der Waals surface area contributed by atoms with Crippen molar-refractivity contribution >= 4 is 5.91 Å². The molecule has 134 valence electrons. The first-order chi connectivity index (χ1) is 11.2. The second kappa shape index (κ2) is 7.85. The van der Waals surface area contributed by atoms with E-state index in [0.717, 1.165) is 5.56 Å². The third kappa shape index (κ3) is 5.68. The summed E-state index contributed by atoms with van der Waals surface area (Å²) in [5, 5.41) is 9.30. The number of hydrogen-bond donors (Lipinski definition) is 1. The monoisotopic (exact) mass is 346 g/mol. The lowest BCUT2D eigenvalue weighted by atomic mass is 10.1. The molecule has 2 rings (SSSR count). The molecule has 0 spiro atoms. The van der Waals surface area contributed by atoms with E-state index in [0.29, 0.717) is 39.1 Å². The third-order valence-electron chi connectivity index (χ3n) is 3.89. The highest BCUT2D eigenvalue weighted by Crippen LogP contribution is 2.23. The Labute approximate surface area is 138 Å². The number of halogens is 3. The summed E-state index contributed by atoms with van der Waals surface area (Å²) in [4.78, 5) is 15.5. The first-order valence-electron chi connectivity index (χ1n) is 7.78. The summed E-state index contributed by atoms with van der Waals surface area (Å²) in [5.74, 6) is -0.487. The van der Waals surface area contributed by atoms with E-state index in [1.165, 1.54) is 25.1 Å². The standard InChI is InChI=1S/C16H21F3N2O3/c1-12(22)15(23)21-9-7-20(8-10-21)6-5-13-3-2-4-14(11-13)24-16(17,18)19/h2-4,11-12,22H,5-10H2,1H3. The molecule has 1 heterocycles. The second-order valence-electron chi connectivity index (χ2n) is 5.79. The number of nitrogens with zero attached hydrogens (tertiary/aromatic N) is 2. The average molecular weight is 346 g/mol. The van der Waals surface area contributed by atoms with Crippen LogP contribution in [0.2, 0.25) is 0 Å². The number of benzene rings is 1. The summed E-state index contributed by atoms with van der Waals surface area (Å²) in [6.07, 6.45) is -5.09. The summed E-state index contributed by atoms with van der Waals surface area (Å²) in [7, 11) is 0. The van der Waals surface area contributed by atoms with Crippen molar-refractivity contribution in [1.82, 2.24) is 9.80 Å². The van der Waals surface area contributed by atoms with Crippen molar-refractivity contribution in [3.05, 3.63) is 29.8 Å². The van der Waals surface area contributed by atoms with Gasteiger partial charge in [0.15, 0.2) is 0 Å². The maximum atomic E-state index is 12.2. The topological polar surface area (TPSA) is 53.0 Å². The zero-order chi connectivity index (χ0) is 17.7. The Balaban J connectivity index is 1.80. The van der Waals surface area contributed by atoms with Gasteiger partial charge in [-0.2, -0.15) is 0 Å². The summed E-state index contributed by atoms with van der Waals surface area (Å²) in [5.41, 5.74) is 0.763. The minimum absolute atomic E-state index is 0.215. The predicted molar refractivity (Wildman–Crippen MR) is 81.5 cm³/mol. The number of amides is 1. The van der Waals surface area contributed by atoms with Crippen molar-refractivity contribution in [2.75, 3.05) is 32.7 Å². The highest BCUT2D eigenvalue weighted by atomic mass is 19.4. The predicted octanol–water partition coefficient (Wildman–Crippen LogP) is 1.65. The zero-order valence-electron chi connectivity index (χ0n) is 13.4. The van der Waals surface area contributed by atoms with Gasteiger partial charge >= 0.3 is 6.36 Å². The lowest BCUT2D eigenvalue weighted by Gasteiger charge is -2.35. The molecule has 1 aromatic carbocycles. The van der Waals surface area contributed by atoms with Gasteiger partial charge in [-0.1, -0.05) is 12.1 Å². The van der Waals surface area contributed by atoms with Gasteiger partial charge in [-0.05, 0) is 31.0 Å². The van der Waals surface area contributed by atoms with Gasteiger partial charge in [0.2, 0.25) is 0 Å². The molecule has 24 heavy (non-hydrogen) atoms. The van der Waals surface area contributed by atoms with Gasteiger partial charge in [0, 0.05) is 32.7 Å². The molecule has 0 radical (unpaired) electrons. The number of carbonyl (C=O) groups excluding carboxylic acids is 1. The van der Waals surface area contributed by atoms with E-state index in [-0.39, 0.29) is 11.7 Å². The molecule has 1 N–H and O–H groups in total. The van der Waals surface area contributed by atoms with E-state index in [2.05, 4.69) is 9.64 Å². The number of rotatable bonds is 5. The summed E-state index contributed by atoms with van der Waals surface area (Å²) < 4.78 is 40.6. The normalized spacial score (nSPS) is 17.6. The molecule has 1 aliphatic heterocycles. The summed E-state index contributed by atoms with van der Waals surface area (Å²) in [6.45, 7) is 4.58. The summed E-state index contributed by atoms with van der Waals surface area (Å²) in [6, 6.07) is 5.96. The fourth-order valence-corrected chi connectivity index (χ4v) is 2.64. The van der Waals surface area contributed by atoms with Gasteiger partial charge in [-0.3, -0.25) is 9.69 Å². The number of ether oxygens (including phenoxy) is 1. The molecule has 0 aromatic heterocycles. The highest BCUT2D eigenvalue weighted by molar-refractivity contribution is 5.80. The van der Waals surface area contributed by atoms with Crippen LogP contribution in [0.25, 0.3) is 0 Å². The van der Waals surface area contributed by atoms with E-state index in [1.54, 1.807) is 11.0 Å². The first-order valence-corrected chi connectivity index (χ1v) is 7.78. The molecule has 1 atom stereocenters. The van der Waals surface area contributed by atoms with Gasteiger partial charge < -0.3 is 14.7 Å². The number of hydrogen-bond acceptors (Lipinski definition) is 4. The van der Waals surface area contributed by atoms with E-state index >= 15 is 0 Å². The number of piperazine rings is 1. The minimum atomic E-state index is -4.69. The Morgan fingerprint density at radius 3 is 2.54 bits per heavy atom. The van der Waals surface area contributed by atoms with Crippen LogP contribution in [0.1, 0.15) is 12.5 Å². The van der Waals surface area contributed by atoms with Crippen molar-refractivity contribution in [1.29, 1.82) is 0 Å². The number of aliphatic hydroxyl groups is 1. The molecule has 1 aromatic rings. The first kappa shape index (κ1) is 18.5. The van der Waals surface area contributed by atoms with Gasteiger partial charge in [-0.15, -0.1) is 13.2 Å². The molecule has 1 aliphatic rings. The van der Waals surface area contributed by atoms with Crippen LogP contribution in [-0.4, -0.2) is 66.0 Å². The zero-order valence-corrected chi connectivity index (χ0v) is 13.4. The van der Waals surface area contributed by atoms with Crippen LogP contribution in [0.4, 0.5) is 13.2 Å². The van der Waals surface area contributed by atoms with Crippen LogP contribution in [0.5, 0.6) is 5.75 Å². The molecule has 1 saturated heterocycles. The molecule has 0 saturated carbocycles. The van der Waals surface area contributed by atoms with Gasteiger partial charge in [-0.25, -0.2) is 0 Å². The van der Waals surface area contributed by atoms with Gasteiger partial charge in [0.1, 0.15) is 11.9 Å². The van der Waals surface area contributed by atoms with Gasteiger partial charge in [0.25, 0.3) is 5.91 Å². The van der Waals surface area contributed by atoms with Crippen molar-refractivity contribution in [2.24, 2.45) is 0 Å². The minimum Gasteiger partial charge on any atom is -0.406 e. The highest BCUT2D eigenvalue weighted by Gasteiger charge is 2.31. The Kier molecular flexibility index (Phi) is 6.06. The van der Waals surface area contributed by atoms with E-state index in [9.17, 15) is 23.1 Å². The van der Waals surface area contributed by atoms with Crippen LogP contribution in [0.15, 0.2) is 24.3 Å². The quantitative estimate of drug-likeness (QED) is 0.881. The van der Waals surface area contributed by atoms with Crippen LogP contribution in [0, 0.1) is 0 Å². The number of carbonyl (C=O) groups is 1. The lowest BCUT2D eigenvalue weighted by molar-refractivity contribution is -0.274. The Bertz CT molecular complexity index is 556. The fraction of sp³-hybridized carbons (Fsp3) is 0.562. The van der Waals surface area contributed by atoms with Crippen molar-refractivity contribution in [2.45, 2.75) is 25.8 Å². The molecule has 8 heteroatoms. The number of alkyl halides is 3. The van der Waals surface area contributed by atoms with Crippen LogP contribution in [-0.2, 0) is 11.2 Å². The SMILES string of the molecule is CC(O)C(=O)N1CCN(CCc2cccc(OC(F)(F)F)c2)CC1. The smallest absolute Gasteiger partial charge is 0.406 e. The van der Waals surface area contributed by atoms with Crippen molar-refractivity contribution < 1.29 is 27.8 Å². The summed E-state index contributed by atoms with van der Waals surface area (Å²) >= 11 is 0. The molecule has 0 bridgehead atoms. The van der Waals surface area contributed by atoms with Crippen molar-refractivity contribution in [3.8, 4) is 5.75 Å². The van der Waals surface area contributed by atoms with E-state index < -0.39 is 12.5 Å². The Hall–Kier alpha value is -1.80. The molecule has 1 amide bonds. The van der Waals surface area contributed by atoms with E-state index in [4.69, 9.17) is 0 Å². The Morgan fingerprint density at radius 1 is 1.29 bits per heavy atom. The fourth-order valence-electron chi connectivity index (χ4n) is 2.64. The van der Waals surface area contributed by atoms with Gasteiger partial charge in [0.05, 0.1) is 0 Å². The molecule has 5 nitrogen and oxygen atoms in total. The van der Waals surface area contributed by atoms with Crippen LogP contribution < -0.4 is 4.74 Å². The number of aliphatic hydroxyl groups excluding tert-OH is 1. The Morgan fingerprint density at radius 2 is 1.96 bits per heavy atom. The molecular formula is C16H21F3N2O3. The molecular weight excluding hydrogens is 325 g/mol. The van der Waals surface area contributed by atoms with Crippen LogP contribution in [0.3, 0.4) is 0 Å². The second-order valence-corrected chi connectivity index (χ2v) is 5.79. The van der Waals surface area contributed by atoms with Crippen LogP contribution >= 0.6 is 0 Å². The van der Waals surface area contributed by atoms with Crippen molar-refractivity contribution in [3.63, 3.8) is 0 Å². The molecule has 1 unspecified atom stereocenters. The molecule has 1 fully saturated rings. The largest absolute Gasteiger partial charge is 0.573 e. The average Bonchev–Trinajstić information content (AvgIpc) is 2.51. The maximum Gasteiger partial charge on any atom is 0.573 e. The lowest BCUT2D eigenvalue weighted by Crippen LogP contribution is -2.51. The molecule has 0 aliphatic carbocycles. The third-order valence-corrected chi connectivity index (χ3v) is 3.89.